The molecular weight excluding hydrogens is 302 g/mol. The summed E-state index contributed by atoms with van der Waals surface area (Å²) in [5.74, 6) is 2.21. The van der Waals surface area contributed by atoms with Gasteiger partial charge in [0.2, 0.25) is 5.91 Å². The van der Waals surface area contributed by atoms with Crippen molar-refractivity contribution >= 4 is 41.0 Å². The number of benzene rings is 1. The molecule has 1 amide bonds. The highest BCUT2D eigenvalue weighted by Gasteiger charge is 2.04. The highest BCUT2D eigenvalue weighted by Crippen LogP contribution is 2.26. The lowest BCUT2D eigenvalue weighted by Crippen LogP contribution is -2.27. The molecule has 0 atom stereocenters. The molecule has 0 aliphatic heterocycles. The van der Waals surface area contributed by atoms with E-state index in [0.29, 0.717) is 17.3 Å². The fraction of sp³-hybridized carbons (Fsp3) is 0.462. The van der Waals surface area contributed by atoms with E-state index in [-0.39, 0.29) is 12.5 Å². The predicted octanol–water partition coefficient (Wildman–Crippen LogP) is 2.66. The van der Waals surface area contributed by atoms with Gasteiger partial charge in [-0.2, -0.15) is 11.8 Å². The van der Waals surface area contributed by atoms with E-state index in [1.165, 1.54) is 11.8 Å². The largest absolute Gasteiger partial charge is 0.396 e. The van der Waals surface area contributed by atoms with Gasteiger partial charge in [0.15, 0.2) is 0 Å². The van der Waals surface area contributed by atoms with Crippen LogP contribution in [0.5, 0.6) is 0 Å². The first-order valence-corrected chi connectivity index (χ1v) is 8.58. The first-order valence-electron chi connectivity index (χ1n) is 6.06. The maximum atomic E-state index is 11.6. The molecule has 0 radical (unpaired) electrons. The summed E-state index contributed by atoms with van der Waals surface area (Å²) < 4.78 is 0. The SMILES string of the molecule is O=C(CSc1ccccc1Cl)NCCSCCCO. The number of halogens is 1. The quantitative estimate of drug-likeness (QED) is 0.543. The van der Waals surface area contributed by atoms with Gasteiger partial charge in [0, 0.05) is 23.8 Å². The van der Waals surface area contributed by atoms with Crippen LogP contribution in [0.4, 0.5) is 0 Å². The Bertz CT molecular complexity index is 391. The van der Waals surface area contributed by atoms with Gasteiger partial charge in [-0.15, -0.1) is 11.8 Å². The Labute approximate surface area is 127 Å². The number of rotatable bonds is 9. The molecule has 0 spiro atoms. The predicted molar refractivity (Wildman–Crippen MR) is 84.2 cm³/mol. The van der Waals surface area contributed by atoms with Gasteiger partial charge >= 0.3 is 0 Å². The van der Waals surface area contributed by atoms with Crippen LogP contribution in [0, 0.1) is 0 Å². The van der Waals surface area contributed by atoms with Crippen molar-refractivity contribution in [1.29, 1.82) is 0 Å². The summed E-state index contributed by atoms with van der Waals surface area (Å²) in [5.41, 5.74) is 0. The van der Waals surface area contributed by atoms with Crippen molar-refractivity contribution in [2.75, 3.05) is 30.4 Å². The fourth-order valence-corrected chi connectivity index (χ4v) is 3.14. The minimum Gasteiger partial charge on any atom is -0.396 e. The van der Waals surface area contributed by atoms with Crippen molar-refractivity contribution in [3.63, 3.8) is 0 Å². The maximum absolute atomic E-state index is 11.6. The van der Waals surface area contributed by atoms with E-state index in [2.05, 4.69) is 5.32 Å². The molecule has 0 heterocycles. The van der Waals surface area contributed by atoms with E-state index in [1.54, 1.807) is 11.8 Å². The van der Waals surface area contributed by atoms with Crippen LogP contribution in [-0.4, -0.2) is 41.4 Å². The van der Waals surface area contributed by atoms with E-state index in [0.717, 1.165) is 22.8 Å². The number of nitrogens with one attached hydrogen (secondary N) is 1. The van der Waals surface area contributed by atoms with Gasteiger partial charge in [0.25, 0.3) is 0 Å². The fourth-order valence-electron chi connectivity index (χ4n) is 1.29. The zero-order valence-electron chi connectivity index (χ0n) is 10.6. The van der Waals surface area contributed by atoms with Crippen LogP contribution >= 0.6 is 35.1 Å². The van der Waals surface area contributed by atoms with Crippen molar-refractivity contribution < 1.29 is 9.90 Å². The van der Waals surface area contributed by atoms with Crippen molar-refractivity contribution in [3.8, 4) is 0 Å². The smallest absolute Gasteiger partial charge is 0.230 e. The standard InChI is InChI=1S/C13H18ClNO2S2/c14-11-4-1-2-5-12(11)19-10-13(17)15-6-9-18-8-3-7-16/h1-2,4-5,16H,3,6-10H2,(H,15,17). The molecule has 6 heteroatoms. The van der Waals surface area contributed by atoms with Gasteiger partial charge < -0.3 is 10.4 Å². The number of aliphatic hydroxyl groups is 1. The Balaban J connectivity index is 2.10. The Hall–Kier alpha value is -0.360. The summed E-state index contributed by atoms with van der Waals surface area (Å²) in [6.45, 7) is 0.895. The Morgan fingerprint density at radius 3 is 2.84 bits per heavy atom. The Kier molecular flexibility index (Phi) is 9.16. The third-order valence-corrected chi connectivity index (χ3v) is 4.80. The van der Waals surface area contributed by atoms with Gasteiger partial charge in [-0.1, -0.05) is 23.7 Å². The van der Waals surface area contributed by atoms with E-state index < -0.39 is 0 Å². The van der Waals surface area contributed by atoms with Crippen molar-refractivity contribution in [2.45, 2.75) is 11.3 Å². The topological polar surface area (TPSA) is 49.3 Å². The number of carbonyl (C=O) groups excluding carboxylic acids is 1. The molecule has 0 aliphatic carbocycles. The highest BCUT2D eigenvalue weighted by molar-refractivity contribution is 8.00. The minimum absolute atomic E-state index is 0.0210. The van der Waals surface area contributed by atoms with E-state index in [1.807, 2.05) is 24.3 Å². The molecule has 3 nitrogen and oxygen atoms in total. The molecule has 2 N–H and O–H groups in total. The molecule has 0 saturated heterocycles. The van der Waals surface area contributed by atoms with Gasteiger partial charge in [0.1, 0.15) is 0 Å². The molecule has 19 heavy (non-hydrogen) atoms. The third-order valence-electron chi connectivity index (χ3n) is 2.21. The van der Waals surface area contributed by atoms with Crippen LogP contribution < -0.4 is 5.32 Å². The van der Waals surface area contributed by atoms with Crippen LogP contribution in [0.2, 0.25) is 5.02 Å². The minimum atomic E-state index is 0.0210. The molecule has 0 saturated carbocycles. The number of hydrogen-bond donors (Lipinski definition) is 2. The van der Waals surface area contributed by atoms with Crippen LogP contribution in [0.3, 0.4) is 0 Å². The summed E-state index contributed by atoms with van der Waals surface area (Å²) in [4.78, 5) is 12.5. The van der Waals surface area contributed by atoms with Gasteiger partial charge in [-0.05, 0) is 24.3 Å². The van der Waals surface area contributed by atoms with Crippen LogP contribution in [0.1, 0.15) is 6.42 Å². The average molecular weight is 320 g/mol. The first-order chi connectivity index (χ1) is 9.24. The van der Waals surface area contributed by atoms with Gasteiger partial charge in [0.05, 0.1) is 10.8 Å². The first kappa shape index (κ1) is 16.7. The monoisotopic (exact) mass is 319 g/mol. The van der Waals surface area contributed by atoms with E-state index in [9.17, 15) is 4.79 Å². The number of aliphatic hydroxyl groups excluding tert-OH is 1. The van der Waals surface area contributed by atoms with Crippen LogP contribution in [0.15, 0.2) is 29.2 Å². The number of amides is 1. The number of carbonyl (C=O) groups is 1. The van der Waals surface area contributed by atoms with Crippen LogP contribution in [-0.2, 0) is 4.79 Å². The Morgan fingerprint density at radius 2 is 2.11 bits per heavy atom. The highest BCUT2D eigenvalue weighted by atomic mass is 35.5. The molecule has 106 valence electrons. The summed E-state index contributed by atoms with van der Waals surface area (Å²) in [5, 5.41) is 12.2. The van der Waals surface area contributed by atoms with Crippen molar-refractivity contribution in [2.24, 2.45) is 0 Å². The molecular formula is C13H18ClNO2S2. The zero-order chi connectivity index (χ0) is 13.9. The zero-order valence-corrected chi connectivity index (χ0v) is 13.0. The average Bonchev–Trinajstić information content (AvgIpc) is 2.42. The van der Waals surface area contributed by atoms with Gasteiger partial charge in [-0.3, -0.25) is 4.79 Å². The summed E-state index contributed by atoms with van der Waals surface area (Å²) in [7, 11) is 0. The lowest BCUT2D eigenvalue weighted by atomic mass is 10.4. The second-order valence-electron chi connectivity index (χ2n) is 3.76. The molecule has 1 aromatic rings. The van der Waals surface area contributed by atoms with E-state index in [4.69, 9.17) is 16.7 Å². The number of thioether (sulfide) groups is 2. The molecule has 0 fully saturated rings. The normalized spacial score (nSPS) is 10.4. The van der Waals surface area contributed by atoms with Crippen molar-refractivity contribution in [1.82, 2.24) is 5.32 Å². The van der Waals surface area contributed by atoms with Gasteiger partial charge in [-0.25, -0.2) is 0 Å². The molecule has 0 aliphatic rings. The summed E-state index contributed by atoms with van der Waals surface area (Å²) in [6.07, 6.45) is 0.807. The molecule has 0 aromatic heterocycles. The Morgan fingerprint density at radius 1 is 1.32 bits per heavy atom. The summed E-state index contributed by atoms with van der Waals surface area (Å²) >= 11 is 9.18. The number of hydrogen-bond acceptors (Lipinski definition) is 4. The lowest BCUT2D eigenvalue weighted by Gasteiger charge is -2.06. The van der Waals surface area contributed by atoms with Crippen LogP contribution in [0.25, 0.3) is 0 Å². The lowest BCUT2D eigenvalue weighted by molar-refractivity contribution is -0.118. The second kappa shape index (κ2) is 10.4. The van der Waals surface area contributed by atoms with Crippen molar-refractivity contribution in [3.05, 3.63) is 29.3 Å². The molecule has 1 rings (SSSR count). The summed E-state index contributed by atoms with van der Waals surface area (Å²) in [6, 6.07) is 7.50. The van der Waals surface area contributed by atoms with E-state index >= 15 is 0 Å². The molecule has 1 aromatic carbocycles. The maximum Gasteiger partial charge on any atom is 0.230 e. The molecule has 0 bridgehead atoms. The molecule has 0 unspecified atom stereocenters. The second-order valence-corrected chi connectivity index (χ2v) is 6.41. The third kappa shape index (κ3) is 7.72.